The third-order valence-electron chi connectivity index (χ3n) is 1.75. The number of benzene rings is 1. The molecule has 0 unspecified atom stereocenters. The Morgan fingerprint density at radius 3 is 1.64 bits per heavy atom. The molecule has 6 nitrogen and oxygen atoms in total. The highest BCUT2D eigenvalue weighted by atomic mass is 32.2. The van der Waals surface area contributed by atoms with E-state index in [1.54, 1.807) is 0 Å². The van der Waals surface area contributed by atoms with Crippen molar-refractivity contribution < 1.29 is 51.5 Å². The summed E-state index contributed by atoms with van der Waals surface area (Å²) in [6, 6.07) is 3.52. The van der Waals surface area contributed by atoms with E-state index < -0.39 is 42.8 Å². The van der Waals surface area contributed by atoms with Gasteiger partial charge in [-0.3, -0.25) is 0 Å². The molecule has 1 aromatic carbocycles. The standard InChI is InChI=1S/C8H3F6O6S2/c9-7(10,11)21(15,16)19-5-3-1-2-4-6(5)20-22(17,18)8(12,13)14/h1,3-4H. The van der Waals surface area contributed by atoms with Crippen molar-refractivity contribution in [2.75, 3.05) is 0 Å². The van der Waals surface area contributed by atoms with Gasteiger partial charge in [0.05, 0.1) is 0 Å². The third kappa shape index (κ3) is 3.94. The van der Waals surface area contributed by atoms with Gasteiger partial charge in [0.15, 0.2) is 11.5 Å². The van der Waals surface area contributed by atoms with Crippen LogP contribution in [0.4, 0.5) is 26.3 Å². The predicted octanol–water partition coefficient (Wildman–Crippen LogP) is 1.94. The summed E-state index contributed by atoms with van der Waals surface area (Å²) in [5.41, 5.74) is -11.8. The van der Waals surface area contributed by atoms with Gasteiger partial charge < -0.3 is 8.37 Å². The molecule has 0 N–H and O–H groups in total. The molecule has 14 heteroatoms. The molecule has 0 aliphatic heterocycles. The summed E-state index contributed by atoms with van der Waals surface area (Å²) in [7, 11) is -12.5. The molecular weight excluding hydrogens is 370 g/mol. The van der Waals surface area contributed by atoms with E-state index >= 15 is 0 Å². The minimum Gasteiger partial charge on any atom is -0.372 e. The van der Waals surface area contributed by atoms with Crippen LogP contribution in [0.3, 0.4) is 0 Å². The molecule has 0 aliphatic rings. The van der Waals surface area contributed by atoms with Gasteiger partial charge in [0.2, 0.25) is 0 Å². The van der Waals surface area contributed by atoms with Crippen molar-refractivity contribution in [3.05, 3.63) is 24.3 Å². The van der Waals surface area contributed by atoms with Crippen molar-refractivity contribution in [2.24, 2.45) is 0 Å². The third-order valence-corrected chi connectivity index (χ3v) is 3.69. The van der Waals surface area contributed by atoms with E-state index in [-0.39, 0.29) is 0 Å². The Hall–Kier alpha value is -1.70. The molecule has 0 bridgehead atoms. The molecule has 1 aromatic rings. The fraction of sp³-hybridized carbons (Fsp3) is 0.250. The van der Waals surface area contributed by atoms with Crippen LogP contribution in [0.25, 0.3) is 0 Å². The maximum atomic E-state index is 12.1. The van der Waals surface area contributed by atoms with Crippen LogP contribution in [-0.2, 0) is 20.2 Å². The van der Waals surface area contributed by atoms with Gasteiger partial charge in [-0.05, 0) is 18.2 Å². The molecule has 0 aliphatic carbocycles. The molecule has 1 rings (SSSR count). The Morgan fingerprint density at radius 2 is 1.23 bits per heavy atom. The summed E-state index contributed by atoms with van der Waals surface area (Å²) >= 11 is 0. The van der Waals surface area contributed by atoms with Gasteiger partial charge in [0.1, 0.15) is 0 Å². The lowest BCUT2D eigenvalue weighted by Crippen LogP contribution is -2.30. The maximum Gasteiger partial charge on any atom is 0.534 e. The van der Waals surface area contributed by atoms with Crippen molar-refractivity contribution in [1.29, 1.82) is 0 Å². The largest absolute Gasteiger partial charge is 0.534 e. The zero-order chi connectivity index (χ0) is 17.4. The molecule has 0 fully saturated rings. The number of rotatable bonds is 4. The quantitative estimate of drug-likeness (QED) is 0.456. The van der Waals surface area contributed by atoms with Crippen LogP contribution in [0.2, 0.25) is 0 Å². The van der Waals surface area contributed by atoms with Gasteiger partial charge in [0, 0.05) is 0 Å². The van der Waals surface area contributed by atoms with Crippen LogP contribution in [0, 0.1) is 6.07 Å². The van der Waals surface area contributed by atoms with Crippen LogP contribution >= 0.6 is 0 Å². The first-order valence-corrected chi connectivity index (χ1v) is 7.50. The lowest BCUT2D eigenvalue weighted by Gasteiger charge is -2.14. The zero-order valence-electron chi connectivity index (χ0n) is 9.77. The summed E-state index contributed by atoms with van der Waals surface area (Å²) in [5, 5.41) is 0. The summed E-state index contributed by atoms with van der Waals surface area (Å²) < 4.78 is 123. The Labute approximate surface area is 119 Å². The minimum atomic E-state index is -6.24. The lowest BCUT2D eigenvalue weighted by molar-refractivity contribution is -0.0513. The summed E-state index contributed by atoms with van der Waals surface area (Å²) in [5.74, 6) is -2.85. The normalized spacial score (nSPS) is 13.7. The summed E-state index contributed by atoms with van der Waals surface area (Å²) in [4.78, 5) is 0. The Balaban J connectivity index is 3.23. The van der Waals surface area contributed by atoms with E-state index in [9.17, 15) is 43.2 Å². The van der Waals surface area contributed by atoms with Gasteiger partial charge in [-0.15, -0.1) is 0 Å². The molecule has 0 atom stereocenters. The highest BCUT2D eigenvalue weighted by molar-refractivity contribution is 7.88. The van der Waals surface area contributed by atoms with Crippen molar-refractivity contribution in [2.45, 2.75) is 11.0 Å². The second-order valence-electron chi connectivity index (χ2n) is 3.34. The highest BCUT2D eigenvalue weighted by Gasteiger charge is 2.50. The Bertz CT molecular complexity index is 683. The van der Waals surface area contributed by atoms with Gasteiger partial charge in [-0.25, -0.2) is 0 Å². The molecule has 1 radical (unpaired) electrons. The van der Waals surface area contributed by atoms with E-state index in [1.807, 2.05) is 6.07 Å². The summed E-state index contributed by atoms with van der Waals surface area (Å²) in [6.07, 6.45) is 0. The van der Waals surface area contributed by atoms with E-state index in [1.165, 1.54) is 0 Å². The first-order valence-electron chi connectivity index (χ1n) is 4.69. The Morgan fingerprint density at radius 1 is 0.818 bits per heavy atom. The second-order valence-corrected chi connectivity index (χ2v) is 6.41. The highest BCUT2D eigenvalue weighted by Crippen LogP contribution is 2.35. The van der Waals surface area contributed by atoms with Gasteiger partial charge in [0.25, 0.3) is 0 Å². The second kappa shape index (κ2) is 5.49. The molecule has 0 saturated heterocycles. The Kier molecular flexibility index (Phi) is 4.58. The number of hydrogen-bond acceptors (Lipinski definition) is 6. The predicted molar refractivity (Wildman–Crippen MR) is 56.5 cm³/mol. The number of hydrogen-bond donors (Lipinski definition) is 0. The van der Waals surface area contributed by atoms with Crippen LogP contribution in [0.5, 0.6) is 11.5 Å². The molecule has 0 aromatic heterocycles. The van der Waals surface area contributed by atoms with Crippen molar-refractivity contribution in [3.63, 3.8) is 0 Å². The van der Waals surface area contributed by atoms with E-state index in [4.69, 9.17) is 0 Å². The van der Waals surface area contributed by atoms with Gasteiger partial charge >= 0.3 is 31.3 Å². The van der Waals surface area contributed by atoms with E-state index in [0.29, 0.717) is 12.1 Å². The molecule has 0 spiro atoms. The molecule has 0 saturated carbocycles. The van der Waals surface area contributed by atoms with Gasteiger partial charge in [-0.2, -0.15) is 43.2 Å². The first-order chi connectivity index (χ1) is 9.67. The van der Waals surface area contributed by atoms with Crippen LogP contribution in [0.15, 0.2) is 18.2 Å². The van der Waals surface area contributed by atoms with E-state index in [2.05, 4.69) is 8.37 Å². The van der Waals surface area contributed by atoms with Crippen molar-refractivity contribution >= 4 is 20.2 Å². The number of alkyl halides is 6. The van der Waals surface area contributed by atoms with Crippen LogP contribution < -0.4 is 8.37 Å². The minimum absolute atomic E-state index is 0.352. The first kappa shape index (κ1) is 18.3. The van der Waals surface area contributed by atoms with Crippen molar-refractivity contribution in [3.8, 4) is 11.5 Å². The number of halogens is 6. The molecular formula is C8H3F6O6S2. The lowest BCUT2D eigenvalue weighted by atomic mass is 10.3. The SMILES string of the molecule is O=S(=O)(Oc1c[c]ccc1OS(=O)(=O)C(F)(F)F)C(F)(F)F. The average Bonchev–Trinajstić information content (AvgIpc) is 2.28. The fourth-order valence-corrected chi connectivity index (χ4v) is 1.80. The molecule has 22 heavy (non-hydrogen) atoms. The smallest absolute Gasteiger partial charge is 0.372 e. The van der Waals surface area contributed by atoms with Crippen LogP contribution in [0.1, 0.15) is 0 Å². The maximum absolute atomic E-state index is 12.1. The molecule has 0 heterocycles. The van der Waals surface area contributed by atoms with E-state index in [0.717, 1.165) is 6.07 Å². The van der Waals surface area contributed by atoms with Gasteiger partial charge in [-0.1, -0.05) is 6.07 Å². The summed E-state index contributed by atoms with van der Waals surface area (Å²) in [6.45, 7) is 0. The fourth-order valence-electron chi connectivity index (χ4n) is 0.866. The molecule has 125 valence electrons. The van der Waals surface area contributed by atoms with Crippen molar-refractivity contribution in [1.82, 2.24) is 0 Å². The monoisotopic (exact) mass is 373 g/mol. The zero-order valence-corrected chi connectivity index (χ0v) is 11.4. The molecule has 0 amide bonds. The average molecular weight is 373 g/mol. The topological polar surface area (TPSA) is 86.7 Å². The van der Waals surface area contributed by atoms with Crippen LogP contribution in [-0.4, -0.2) is 27.9 Å².